The standard InChI is InChI=1S/C8H13Cl/c1-3-4-5-6-7-8(2)9/h4-5,7H,3,6H2,1-2H3/b5-4-,8-7+. The Morgan fingerprint density at radius 3 is 2.56 bits per heavy atom. The highest BCUT2D eigenvalue weighted by atomic mass is 35.5. The van der Waals surface area contributed by atoms with Crippen LogP contribution in [-0.4, -0.2) is 0 Å². The predicted octanol–water partition coefficient (Wildman–Crippen LogP) is 3.49. The molecule has 9 heavy (non-hydrogen) atoms. The van der Waals surface area contributed by atoms with Crippen molar-refractivity contribution in [3.8, 4) is 0 Å². The number of hydrogen-bond donors (Lipinski definition) is 0. The lowest BCUT2D eigenvalue weighted by Crippen LogP contribution is -1.60. The van der Waals surface area contributed by atoms with Gasteiger partial charge in [-0.15, -0.1) is 0 Å². The molecular weight excluding hydrogens is 132 g/mol. The van der Waals surface area contributed by atoms with Crippen molar-refractivity contribution in [2.45, 2.75) is 26.7 Å². The first-order chi connectivity index (χ1) is 4.27. The van der Waals surface area contributed by atoms with E-state index in [0.29, 0.717) is 0 Å². The molecule has 0 heterocycles. The summed E-state index contributed by atoms with van der Waals surface area (Å²) >= 11 is 5.58. The largest absolute Gasteiger partial charge is 0.0898 e. The molecule has 0 aromatic heterocycles. The maximum Gasteiger partial charge on any atom is 0.0113 e. The molecule has 0 rings (SSSR count). The van der Waals surface area contributed by atoms with Gasteiger partial charge in [-0.3, -0.25) is 0 Å². The van der Waals surface area contributed by atoms with Crippen LogP contribution in [-0.2, 0) is 0 Å². The van der Waals surface area contributed by atoms with E-state index in [2.05, 4.69) is 19.1 Å². The molecule has 0 aliphatic carbocycles. The fraction of sp³-hybridized carbons (Fsp3) is 0.500. The van der Waals surface area contributed by atoms with Crippen LogP contribution in [0.1, 0.15) is 26.7 Å². The molecule has 0 bridgehead atoms. The van der Waals surface area contributed by atoms with E-state index in [1.165, 1.54) is 0 Å². The monoisotopic (exact) mass is 144 g/mol. The highest BCUT2D eigenvalue weighted by Gasteiger charge is 1.74. The minimum absolute atomic E-state index is 0.871. The summed E-state index contributed by atoms with van der Waals surface area (Å²) in [6.07, 6.45) is 8.31. The van der Waals surface area contributed by atoms with Gasteiger partial charge in [-0.25, -0.2) is 0 Å². The van der Waals surface area contributed by atoms with E-state index in [1.807, 2.05) is 13.0 Å². The van der Waals surface area contributed by atoms with Gasteiger partial charge in [-0.2, -0.15) is 0 Å². The van der Waals surface area contributed by atoms with Gasteiger partial charge in [0.1, 0.15) is 0 Å². The first-order valence-electron chi connectivity index (χ1n) is 3.24. The van der Waals surface area contributed by atoms with E-state index >= 15 is 0 Å². The third-order valence-corrected chi connectivity index (χ3v) is 1.09. The Labute approximate surface area is 62.2 Å². The molecule has 52 valence electrons. The first kappa shape index (κ1) is 8.77. The van der Waals surface area contributed by atoms with Crippen LogP contribution >= 0.6 is 11.6 Å². The lowest BCUT2D eigenvalue weighted by atomic mass is 10.3. The Morgan fingerprint density at radius 1 is 1.44 bits per heavy atom. The van der Waals surface area contributed by atoms with E-state index in [-0.39, 0.29) is 0 Å². The van der Waals surface area contributed by atoms with Crippen LogP contribution in [0, 0.1) is 0 Å². The zero-order valence-corrected chi connectivity index (χ0v) is 6.78. The summed E-state index contributed by atoms with van der Waals surface area (Å²) in [6, 6.07) is 0. The average Bonchev–Trinajstić information content (AvgIpc) is 1.80. The molecule has 0 saturated carbocycles. The maximum atomic E-state index is 5.58. The van der Waals surface area contributed by atoms with Crippen molar-refractivity contribution in [2.24, 2.45) is 0 Å². The summed E-state index contributed by atoms with van der Waals surface area (Å²) in [6.45, 7) is 4.01. The molecule has 0 unspecified atom stereocenters. The van der Waals surface area contributed by atoms with Gasteiger partial charge in [-0.05, 0) is 19.8 Å². The van der Waals surface area contributed by atoms with E-state index in [1.54, 1.807) is 0 Å². The van der Waals surface area contributed by atoms with Crippen molar-refractivity contribution < 1.29 is 0 Å². The Morgan fingerprint density at radius 2 is 2.11 bits per heavy atom. The minimum atomic E-state index is 0.871. The Balaban J connectivity index is 3.29. The molecule has 0 spiro atoms. The number of allylic oxidation sites excluding steroid dienone is 4. The Kier molecular flexibility index (Phi) is 5.75. The molecule has 0 aromatic rings. The number of hydrogen-bond acceptors (Lipinski definition) is 0. The highest BCUT2D eigenvalue weighted by molar-refractivity contribution is 6.29. The third-order valence-electron chi connectivity index (χ3n) is 0.938. The zero-order chi connectivity index (χ0) is 7.11. The van der Waals surface area contributed by atoms with Gasteiger partial charge in [0.15, 0.2) is 0 Å². The lowest BCUT2D eigenvalue weighted by molar-refractivity contribution is 1.20. The van der Waals surface area contributed by atoms with Gasteiger partial charge < -0.3 is 0 Å². The highest BCUT2D eigenvalue weighted by Crippen LogP contribution is 2.00. The normalized spacial score (nSPS) is 13.0. The van der Waals surface area contributed by atoms with Crippen LogP contribution in [0.5, 0.6) is 0 Å². The van der Waals surface area contributed by atoms with Gasteiger partial charge in [0.05, 0.1) is 0 Å². The van der Waals surface area contributed by atoms with Crippen molar-refractivity contribution in [1.82, 2.24) is 0 Å². The summed E-state index contributed by atoms with van der Waals surface area (Å²) in [7, 11) is 0. The molecule has 0 aromatic carbocycles. The minimum Gasteiger partial charge on any atom is -0.0898 e. The van der Waals surface area contributed by atoms with Gasteiger partial charge in [0, 0.05) is 5.03 Å². The van der Waals surface area contributed by atoms with Crippen molar-refractivity contribution in [1.29, 1.82) is 0 Å². The van der Waals surface area contributed by atoms with Crippen molar-refractivity contribution >= 4 is 11.6 Å². The second-order valence-corrected chi connectivity index (χ2v) is 2.50. The fourth-order valence-electron chi connectivity index (χ4n) is 0.493. The van der Waals surface area contributed by atoms with Crippen LogP contribution in [0.2, 0.25) is 0 Å². The molecule has 0 saturated heterocycles. The lowest BCUT2D eigenvalue weighted by Gasteiger charge is -1.82. The quantitative estimate of drug-likeness (QED) is 0.532. The maximum absolute atomic E-state index is 5.58. The van der Waals surface area contributed by atoms with E-state index in [9.17, 15) is 0 Å². The van der Waals surface area contributed by atoms with Crippen LogP contribution < -0.4 is 0 Å². The molecule has 0 aliphatic rings. The SMILES string of the molecule is CC/C=C\C/C=C(\C)Cl. The second kappa shape index (κ2) is 5.90. The van der Waals surface area contributed by atoms with Crippen LogP contribution in [0.25, 0.3) is 0 Å². The molecule has 1 heteroatoms. The van der Waals surface area contributed by atoms with Gasteiger partial charge in [0.25, 0.3) is 0 Å². The van der Waals surface area contributed by atoms with E-state index < -0.39 is 0 Å². The fourth-order valence-corrected chi connectivity index (χ4v) is 0.582. The molecule has 0 atom stereocenters. The second-order valence-electron chi connectivity index (χ2n) is 1.91. The third kappa shape index (κ3) is 7.77. The number of rotatable bonds is 3. The van der Waals surface area contributed by atoms with Crippen molar-refractivity contribution in [3.63, 3.8) is 0 Å². The molecule has 0 fully saturated rings. The topological polar surface area (TPSA) is 0 Å². The predicted molar refractivity (Wildman–Crippen MR) is 43.7 cm³/mol. The summed E-state index contributed by atoms with van der Waals surface area (Å²) in [5.41, 5.74) is 0. The van der Waals surface area contributed by atoms with Gasteiger partial charge in [0.2, 0.25) is 0 Å². The summed E-state index contributed by atoms with van der Waals surface area (Å²) in [4.78, 5) is 0. The molecule has 0 aliphatic heterocycles. The van der Waals surface area contributed by atoms with Crippen LogP contribution in [0.15, 0.2) is 23.3 Å². The summed E-state index contributed by atoms with van der Waals surface area (Å²) in [5, 5.41) is 0.871. The van der Waals surface area contributed by atoms with Crippen LogP contribution in [0.3, 0.4) is 0 Å². The van der Waals surface area contributed by atoms with Gasteiger partial charge in [-0.1, -0.05) is 36.8 Å². The molecule has 0 nitrogen and oxygen atoms in total. The smallest absolute Gasteiger partial charge is 0.0113 e. The first-order valence-corrected chi connectivity index (χ1v) is 3.62. The van der Waals surface area contributed by atoms with Crippen LogP contribution in [0.4, 0.5) is 0 Å². The Hall–Kier alpha value is -0.230. The number of halogens is 1. The Bertz CT molecular complexity index is 108. The summed E-state index contributed by atoms with van der Waals surface area (Å²) in [5.74, 6) is 0. The molecular formula is C8H13Cl. The van der Waals surface area contributed by atoms with E-state index in [0.717, 1.165) is 17.9 Å². The average molecular weight is 145 g/mol. The zero-order valence-electron chi connectivity index (χ0n) is 6.02. The molecule has 0 N–H and O–H groups in total. The van der Waals surface area contributed by atoms with Crippen molar-refractivity contribution in [3.05, 3.63) is 23.3 Å². The van der Waals surface area contributed by atoms with Gasteiger partial charge >= 0.3 is 0 Å². The van der Waals surface area contributed by atoms with Crippen molar-refractivity contribution in [2.75, 3.05) is 0 Å². The van der Waals surface area contributed by atoms with E-state index in [4.69, 9.17) is 11.6 Å². The summed E-state index contributed by atoms with van der Waals surface area (Å²) < 4.78 is 0. The molecule has 0 amide bonds. The molecule has 0 radical (unpaired) electrons.